The van der Waals surface area contributed by atoms with Gasteiger partial charge >= 0.3 is 6.09 Å². The first-order chi connectivity index (χ1) is 12.0. The standard InChI is InChI=1S/C17H24N2O6/c1-12(7-8-20)10-24-17(22)18-19-11-25-16(21)15(19)9-13-3-5-14(23-2)6-4-13/h3-6,8,12,15-16,21H,7,9-11H2,1-2H3,(H,18,22). The van der Waals surface area contributed by atoms with Gasteiger partial charge in [-0.3, -0.25) is 5.43 Å². The van der Waals surface area contributed by atoms with E-state index in [4.69, 9.17) is 14.2 Å². The topological polar surface area (TPSA) is 97.3 Å². The summed E-state index contributed by atoms with van der Waals surface area (Å²) in [7, 11) is 1.59. The van der Waals surface area contributed by atoms with Crippen LogP contribution in [-0.2, 0) is 20.7 Å². The minimum Gasteiger partial charge on any atom is -0.497 e. The fourth-order valence-corrected chi connectivity index (χ4v) is 2.45. The molecule has 1 heterocycles. The second kappa shape index (κ2) is 9.36. The van der Waals surface area contributed by atoms with E-state index in [0.717, 1.165) is 17.6 Å². The van der Waals surface area contributed by atoms with Gasteiger partial charge in [0.25, 0.3) is 0 Å². The predicted molar refractivity (Wildman–Crippen MR) is 88.6 cm³/mol. The van der Waals surface area contributed by atoms with E-state index in [2.05, 4.69) is 5.43 Å². The van der Waals surface area contributed by atoms with Crippen molar-refractivity contribution in [2.75, 3.05) is 20.4 Å². The molecular formula is C17H24N2O6. The zero-order chi connectivity index (χ0) is 18.2. The number of aliphatic hydroxyl groups is 1. The van der Waals surface area contributed by atoms with Crippen LogP contribution in [0.3, 0.4) is 0 Å². The van der Waals surface area contributed by atoms with Crippen molar-refractivity contribution in [1.29, 1.82) is 0 Å². The highest BCUT2D eigenvalue weighted by molar-refractivity contribution is 5.66. The number of carbonyl (C=O) groups is 2. The molecule has 2 N–H and O–H groups in total. The summed E-state index contributed by atoms with van der Waals surface area (Å²) in [6, 6.07) is 7.01. The predicted octanol–water partition coefficient (Wildman–Crippen LogP) is 1.08. The molecule has 0 aromatic heterocycles. The Hall–Kier alpha value is -2.16. The number of aliphatic hydroxyl groups excluding tert-OH is 1. The Morgan fingerprint density at radius 1 is 1.48 bits per heavy atom. The van der Waals surface area contributed by atoms with Crippen LogP contribution in [0, 0.1) is 5.92 Å². The zero-order valence-corrected chi connectivity index (χ0v) is 14.4. The van der Waals surface area contributed by atoms with E-state index < -0.39 is 18.4 Å². The van der Waals surface area contributed by atoms with Gasteiger partial charge in [0.2, 0.25) is 0 Å². The van der Waals surface area contributed by atoms with Gasteiger partial charge in [-0.05, 0) is 30.0 Å². The van der Waals surface area contributed by atoms with Crippen LogP contribution >= 0.6 is 0 Å². The smallest absolute Gasteiger partial charge is 0.421 e. The Morgan fingerprint density at radius 2 is 2.20 bits per heavy atom. The molecule has 0 spiro atoms. The lowest BCUT2D eigenvalue weighted by Gasteiger charge is -2.24. The number of nitrogens with one attached hydrogen (secondary N) is 1. The third-order valence-electron chi connectivity index (χ3n) is 3.95. The lowest BCUT2D eigenvalue weighted by Crippen LogP contribution is -2.48. The molecule has 3 unspecified atom stereocenters. The summed E-state index contributed by atoms with van der Waals surface area (Å²) in [6.45, 7) is 2.02. The average Bonchev–Trinajstić information content (AvgIpc) is 2.94. The molecule has 0 aliphatic carbocycles. The SMILES string of the molecule is COc1ccc(CC2C(O)OCN2NC(=O)OCC(C)CC=O)cc1. The molecule has 1 aliphatic rings. The molecule has 1 saturated heterocycles. The first-order valence-corrected chi connectivity index (χ1v) is 8.09. The van der Waals surface area contributed by atoms with E-state index >= 15 is 0 Å². The molecule has 1 aliphatic heterocycles. The fraction of sp³-hybridized carbons (Fsp3) is 0.529. The third-order valence-corrected chi connectivity index (χ3v) is 3.95. The van der Waals surface area contributed by atoms with Gasteiger partial charge < -0.3 is 24.1 Å². The molecule has 0 saturated carbocycles. The minimum atomic E-state index is -1.02. The Balaban J connectivity index is 1.88. The van der Waals surface area contributed by atoms with Crippen molar-refractivity contribution in [2.24, 2.45) is 5.92 Å². The highest BCUT2D eigenvalue weighted by Gasteiger charge is 2.35. The summed E-state index contributed by atoms with van der Waals surface area (Å²) < 4.78 is 15.4. The number of methoxy groups -OCH3 is 1. The minimum absolute atomic E-state index is 0.0428. The van der Waals surface area contributed by atoms with E-state index in [1.165, 1.54) is 5.01 Å². The lowest BCUT2D eigenvalue weighted by atomic mass is 10.1. The number of benzene rings is 1. The number of amides is 1. The Labute approximate surface area is 146 Å². The summed E-state index contributed by atoms with van der Waals surface area (Å²) in [6.07, 6.45) is -0.0560. The Bertz CT molecular complexity index is 565. The highest BCUT2D eigenvalue weighted by atomic mass is 16.6. The van der Waals surface area contributed by atoms with Gasteiger partial charge in [0.05, 0.1) is 19.8 Å². The third kappa shape index (κ3) is 5.70. The lowest BCUT2D eigenvalue weighted by molar-refractivity contribution is -0.108. The second-order valence-corrected chi connectivity index (χ2v) is 5.99. The first-order valence-electron chi connectivity index (χ1n) is 8.09. The number of ether oxygens (including phenoxy) is 3. The van der Waals surface area contributed by atoms with Crippen LogP contribution in [0.2, 0.25) is 0 Å². The van der Waals surface area contributed by atoms with E-state index in [1.807, 2.05) is 31.2 Å². The quantitative estimate of drug-likeness (QED) is 0.676. The maximum absolute atomic E-state index is 11.9. The molecule has 0 radical (unpaired) electrons. The van der Waals surface area contributed by atoms with Gasteiger partial charge in [-0.1, -0.05) is 19.1 Å². The largest absolute Gasteiger partial charge is 0.497 e. The summed E-state index contributed by atoms with van der Waals surface area (Å²) in [5.74, 6) is 0.703. The molecule has 1 aromatic rings. The van der Waals surface area contributed by atoms with Crippen LogP contribution in [0.5, 0.6) is 5.75 Å². The zero-order valence-electron chi connectivity index (χ0n) is 14.4. The molecule has 2 rings (SSSR count). The number of carbonyl (C=O) groups excluding carboxylic acids is 2. The van der Waals surface area contributed by atoms with Crippen molar-refractivity contribution >= 4 is 12.4 Å². The molecular weight excluding hydrogens is 328 g/mol. The van der Waals surface area contributed by atoms with Crippen molar-refractivity contribution in [1.82, 2.24) is 10.4 Å². The molecule has 8 heteroatoms. The second-order valence-electron chi connectivity index (χ2n) is 5.99. The van der Waals surface area contributed by atoms with E-state index in [1.54, 1.807) is 7.11 Å². The van der Waals surface area contributed by atoms with Gasteiger partial charge in [-0.15, -0.1) is 0 Å². The summed E-state index contributed by atoms with van der Waals surface area (Å²) in [4.78, 5) is 22.3. The van der Waals surface area contributed by atoms with Gasteiger partial charge in [-0.25, -0.2) is 4.79 Å². The first kappa shape index (κ1) is 19.2. The van der Waals surface area contributed by atoms with Gasteiger partial charge in [0, 0.05) is 6.42 Å². The number of hydrogen-bond donors (Lipinski definition) is 2. The Kier molecular flexibility index (Phi) is 7.17. The number of nitrogens with zero attached hydrogens (tertiary/aromatic N) is 1. The monoisotopic (exact) mass is 352 g/mol. The molecule has 138 valence electrons. The molecule has 3 atom stereocenters. The van der Waals surface area contributed by atoms with Crippen molar-refractivity contribution in [3.63, 3.8) is 0 Å². The van der Waals surface area contributed by atoms with Crippen LogP contribution in [0.1, 0.15) is 18.9 Å². The van der Waals surface area contributed by atoms with Crippen LogP contribution < -0.4 is 10.2 Å². The summed E-state index contributed by atoms with van der Waals surface area (Å²) >= 11 is 0. The molecule has 25 heavy (non-hydrogen) atoms. The maximum atomic E-state index is 11.9. The number of hydrazine groups is 1. The van der Waals surface area contributed by atoms with E-state index in [-0.39, 0.29) is 19.3 Å². The summed E-state index contributed by atoms with van der Waals surface area (Å²) in [5, 5.41) is 11.5. The van der Waals surface area contributed by atoms with Crippen LogP contribution in [0.4, 0.5) is 4.79 Å². The van der Waals surface area contributed by atoms with Gasteiger partial charge in [0.15, 0.2) is 6.29 Å². The van der Waals surface area contributed by atoms with E-state index in [9.17, 15) is 14.7 Å². The van der Waals surface area contributed by atoms with Crippen LogP contribution in [-0.4, -0.2) is 55.3 Å². The van der Waals surface area contributed by atoms with Crippen molar-refractivity contribution in [2.45, 2.75) is 32.1 Å². The van der Waals surface area contributed by atoms with E-state index in [0.29, 0.717) is 12.8 Å². The van der Waals surface area contributed by atoms with Crippen molar-refractivity contribution < 1.29 is 28.9 Å². The number of rotatable bonds is 8. The number of aldehydes is 1. The molecule has 1 fully saturated rings. The molecule has 1 amide bonds. The highest BCUT2D eigenvalue weighted by Crippen LogP contribution is 2.20. The molecule has 8 nitrogen and oxygen atoms in total. The average molecular weight is 352 g/mol. The summed E-state index contributed by atoms with van der Waals surface area (Å²) in [5.41, 5.74) is 3.54. The maximum Gasteiger partial charge on any atom is 0.421 e. The fourth-order valence-electron chi connectivity index (χ4n) is 2.45. The molecule has 1 aromatic carbocycles. The molecule has 0 bridgehead atoms. The van der Waals surface area contributed by atoms with Crippen molar-refractivity contribution in [3.8, 4) is 5.75 Å². The van der Waals surface area contributed by atoms with Crippen molar-refractivity contribution in [3.05, 3.63) is 29.8 Å². The number of hydrogen-bond acceptors (Lipinski definition) is 7. The normalized spacial score (nSPS) is 21.6. The van der Waals surface area contributed by atoms with Gasteiger partial charge in [0.1, 0.15) is 18.8 Å². The van der Waals surface area contributed by atoms with Gasteiger partial charge in [-0.2, -0.15) is 5.01 Å². The van der Waals surface area contributed by atoms with Crippen LogP contribution in [0.15, 0.2) is 24.3 Å². The Morgan fingerprint density at radius 3 is 2.84 bits per heavy atom. The van der Waals surface area contributed by atoms with Crippen LogP contribution in [0.25, 0.3) is 0 Å².